The van der Waals surface area contributed by atoms with Gasteiger partial charge in [-0.1, -0.05) is 0 Å². The average molecular weight is 145 g/mol. The van der Waals surface area contributed by atoms with E-state index in [0.29, 0.717) is 0 Å². The van der Waals surface area contributed by atoms with Crippen LogP contribution in [0.25, 0.3) is 0 Å². The standard InChI is InChI=1S/C8H3NO2/c1-4-2-9-3-8(4)7-6(10-7)5(1)11-8/h1-3H. The van der Waals surface area contributed by atoms with Gasteiger partial charge in [0.25, 0.3) is 0 Å². The normalized spacial score (nSPS) is 39.3. The molecule has 0 fully saturated rings. The summed E-state index contributed by atoms with van der Waals surface area (Å²) in [6.07, 6.45) is 5.60. The van der Waals surface area contributed by atoms with Gasteiger partial charge < -0.3 is 9.47 Å². The largest absolute Gasteiger partial charge is 0.464 e. The van der Waals surface area contributed by atoms with Crippen molar-refractivity contribution in [3.8, 4) is 0 Å². The van der Waals surface area contributed by atoms with E-state index in [1.165, 1.54) is 0 Å². The first-order valence-corrected chi connectivity index (χ1v) is 3.49. The lowest BCUT2D eigenvalue weighted by molar-refractivity contribution is 0.120. The zero-order chi connectivity index (χ0) is 7.05. The molecule has 3 heteroatoms. The van der Waals surface area contributed by atoms with Crippen LogP contribution in [0.4, 0.5) is 0 Å². The molecular weight excluding hydrogens is 142 g/mol. The zero-order valence-corrected chi connectivity index (χ0v) is 5.50. The van der Waals surface area contributed by atoms with E-state index in [2.05, 4.69) is 4.99 Å². The molecule has 0 aromatic carbocycles. The summed E-state index contributed by atoms with van der Waals surface area (Å²) in [5.74, 6) is 2.75. The van der Waals surface area contributed by atoms with Gasteiger partial charge in [-0.3, -0.25) is 4.99 Å². The van der Waals surface area contributed by atoms with Crippen LogP contribution in [-0.4, -0.2) is 11.8 Å². The summed E-state index contributed by atoms with van der Waals surface area (Å²) in [5.41, 5.74) is 0.689. The van der Waals surface area contributed by atoms with Crippen molar-refractivity contribution < 1.29 is 9.47 Å². The quantitative estimate of drug-likeness (QED) is 0.506. The Morgan fingerprint density at radius 1 is 1.45 bits per heavy atom. The number of rotatable bonds is 0. The maximum Gasteiger partial charge on any atom is 0.232 e. The van der Waals surface area contributed by atoms with E-state index in [1.54, 1.807) is 6.21 Å². The number of hydrogen-bond donors (Lipinski definition) is 0. The second-order valence-electron chi connectivity index (χ2n) is 2.97. The molecule has 0 saturated carbocycles. The number of fused-ring (bicyclic) bond motifs is 2. The Balaban J connectivity index is 2.16. The minimum absolute atomic E-state index is 0.412. The summed E-state index contributed by atoms with van der Waals surface area (Å²) in [4.78, 5) is 4.04. The molecule has 0 aromatic heterocycles. The van der Waals surface area contributed by atoms with Crippen LogP contribution in [0, 0.1) is 0 Å². The molecule has 1 spiro atoms. The van der Waals surface area contributed by atoms with E-state index >= 15 is 0 Å². The third-order valence-corrected chi connectivity index (χ3v) is 2.39. The fraction of sp³-hybridized carbons (Fsp3) is 0.125. The average Bonchev–Trinajstić information content (AvgIpc) is 2.48. The van der Waals surface area contributed by atoms with Crippen molar-refractivity contribution in [1.82, 2.24) is 0 Å². The van der Waals surface area contributed by atoms with Gasteiger partial charge in [0, 0.05) is 11.8 Å². The van der Waals surface area contributed by atoms with Crippen LogP contribution in [0.1, 0.15) is 0 Å². The van der Waals surface area contributed by atoms with Gasteiger partial charge in [0.1, 0.15) is 0 Å². The molecule has 0 aliphatic carbocycles. The first-order valence-electron chi connectivity index (χ1n) is 3.49. The van der Waals surface area contributed by atoms with E-state index in [0.717, 1.165) is 22.9 Å². The van der Waals surface area contributed by atoms with E-state index in [1.807, 2.05) is 12.3 Å². The predicted molar refractivity (Wildman–Crippen MR) is 36.6 cm³/mol. The molecule has 4 rings (SSSR count). The molecule has 4 heterocycles. The van der Waals surface area contributed by atoms with Crippen molar-refractivity contribution >= 4 is 6.21 Å². The minimum Gasteiger partial charge on any atom is -0.464 e. The van der Waals surface area contributed by atoms with Crippen molar-refractivity contribution in [3.63, 3.8) is 0 Å². The lowest BCUT2D eigenvalue weighted by Gasteiger charge is -2.17. The van der Waals surface area contributed by atoms with Crippen LogP contribution in [0.15, 0.2) is 40.1 Å². The Labute approximate surface area is 62.3 Å². The van der Waals surface area contributed by atoms with Crippen LogP contribution in [0.3, 0.4) is 0 Å². The van der Waals surface area contributed by atoms with Crippen molar-refractivity contribution in [2.24, 2.45) is 4.99 Å². The van der Waals surface area contributed by atoms with Crippen molar-refractivity contribution in [1.29, 1.82) is 0 Å². The minimum atomic E-state index is -0.412. The van der Waals surface area contributed by atoms with Crippen molar-refractivity contribution in [3.05, 3.63) is 35.1 Å². The molecule has 52 valence electrons. The molecule has 3 nitrogen and oxygen atoms in total. The highest BCUT2D eigenvalue weighted by Crippen LogP contribution is 2.59. The van der Waals surface area contributed by atoms with Crippen molar-refractivity contribution in [2.75, 3.05) is 0 Å². The Morgan fingerprint density at radius 3 is 3.36 bits per heavy atom. The summed E-state index contributed by atoms with van der Waals surface area (Å²) in [6, 6.07) is 0. The van der Waals surface area contributed by atoms with E-state index in [4.69, 9.17) is 9.47 Å². The fourth-order valence-electron chi connectivity index (χ4n) is 1.80. The molecule has 2 bridgehead atoms. The third-order valence-electron chi connectivity index (χ3n) is 2.39. The number of ether oxygens (including phenoxy) is 2. The van der Waals surface area contributed by atoms with E-state index < -0.39 is 5.60 Å². The van der Waals surface area contributed by atoms with Gasteiger partial charge in [0.2, 0.25) is 17.1 Å². The molecule has 1 atom stereocenters. The van der Waals surface area contributed by atoms with Gasteiger partial charge in [-0.25, -0.2) is 0 Å². The Hall–Kier alpha value is -1.51. The summed E-state index contributed by atoms with van der Waals surface area (Å²) in [5, 5.41) is 0. The highest BCUT2D eigenvalue weighted by Gasteiger charge is 2.63. The smallest absolute Gasteiger partial charge is 0.232 e. The van der Waals surface area contributed by atoms with E-state index in [-0.39, 0.29) is 0 Å². The van der Waals surface area contributed by atoms with Crippen LogP contribution in [-0.2, 0) is 9.47 Å². The number of hydrogen-bond acceptors (Lipinski definition) is 3. The molecule has 0 N–H and O–H groups in total. The Bertz CT molecular complexity index is 414. The second kappa shape index (κ2) is 0.942. The molecule has 0 saturated heterocycles. The van der Waals surface area contributed by atoms with E-state index in [9.17, 15) is 0 Å². The number of nitrogens with zero attached hydrogens (tertiary/aromatic N) is 1. The third kappa shape index (κ3) is 0.269. The van der Waals surface area contributed by atoms with Gasteiger partial charge in [0.05, 0.1) is 6.21 Å². The number of aliphatic imine (C=N–C) groups is 1. The molecule has 0 aromatic rings. The molecule has 0 radical (unpaired) electrons. The van der Waals surface area contributed by atoms with Gasteiger partial charge in [-0.05, 0) is 6.08 Å². The predicted octanol–water partition coefficient (Wildman–Crippen LogP) is 0.863. The molecule has 0 amide bonds. The van der Waals surface area contributed by atoms with Crippen LogP contribution < -0.4 is 0 Å². The summed E-state index contributed by atoms with van der Waals surface area (Å²) in [6.45, 7) is 0. The van der Waals surface area contributed by atoms with Gasteiger partial charge in [0.15, 0.2) is 5.76 Å². The molecule has 11 heavy (non-hydrogen) atoms. The molecule has 1 unspecified atom stereocenters. The van der Waals surface area contributed by atoms with Gasteiger partial charge in [-0.15, -0.1) is 0 Å². The molecule has 4 aliphatic rings. The summed E-state index contributed by atoms with van der Waals surface area (Å²) in [7, 11) is 0. The lowest BCUT2D eigenvalue weighted by atomic mass is 9.96. The van der Waals surface area contributed by atoms with Crippen LogP contribution in [0.2, 0.25) is 0 Å². The second-order valence-corrected chi connectivity index (χ2v) is 2.97. The maximum atomic E-state index is 5.59. The summed E-state index contributed by atoms with van der Waals surface area (Å²) < 4.78 is 10.8. The van der Waals surface area contributed by atoms with Gasteiger partial charge in [-0.2, -0.15) is 0 Å². The highest BCUT2D eigenvalue weighted by atomic mass is 16.6. The fourth-order valence-corrected chi connectivity index (χ4v) is 1.80. The molecule has 4 aliphatic heterocycles. The van der Waals surface area contributed by atoms with Crippen LogP contribution in [0.5, 0.6) is 0 Å². The maximum absolute atomic E-state index is 5.59. The zero-order valence-electron chi connectivity index (χ0n) is 5.50. The molecular formula is C8H3NO2. The topological polar surface area (TPSA) is 34.1 Å². The first-order chi connectivity index (χ1) is 5.40. The Morgan fingerprint density at radius 2 is 2.45 bits per heavy atom. The first kappa shape index (κ1) is 4.38. The SMILES string of the molecule is C1=NC=C2C=C3OC12C1=C3O1. The lowest BCUT2D eigenvalue weighted by Crippen LogP contribution is -2.28. The van der Waals surface area contributed by atoms with Gasteiger partial charge >= 0.3 is 0 Å². The van der Waals surface area contributed by atoms with Crippen LogP contribution >= 0.6 is 0 Å². The summed E-state index contributed by atoms with van der Waals surface area (Å²) >= 11 is 0. The van der Waals surface area contributed by atoms with Crippen molar-refractivity contribution in [2.45, 2.75) is 5.60 Å². The Kier molecular flexibility index (Phi) is 0.375. The highest BCUT2D eigenvalue weighted by molar-refractivity contribution is 5.90. The monoisotopic (exact) mass is 145 g/mol.